The van der Waals surface area contributed by atoms with E-state index in [9.17, 15) is 0 Å². The van der Waals surface area contributed by atoms with Crippen molar-refractivity contribution in [1.29, 1.82) is 0 Å². The molecule has 1 atom stereocenters. The second-order valence-corrected chi connectivity index (χ2v) is 6.10. The first kappa shape index (κ1) is 11.2. The third kappa shape index (κ3) is 2.22. The number of hydrogen-bond donors (Lipinski definition) is 1. The van der Waals surface area contributed by atoms with Crippen molar-refractivity contribution >= 4 is 33.4 Å². The Morgan fingerprint density at radius 3 is 2.71 bits per heavy atom. The van der Waals surface area contributed by atoms with E-state index in [1.807, 2.05) is 11.8 Å². The fourth-order valence-electron chi connectivity index (χ4n) is 2.02. The van der Waals surface area contributed by atoms with Gasteiger partial charge in [-0.2, -0.15) is 0 Å². The molecule has 2 aromatic carbocycles. The molecule has 0 aromatic heterocycles. The molecule has 86 valence electrons. The Labute approximate surface area is 114 Å². The number of anilines is 1. The highest BCUT2D eigenvalue weighted by Crippen LogP contribution is 2.44. The van der Waals surface area contributed by atoms with E-state index in [2.05, 4.69) is 69.8 Å². The van der Waals surface area contributed by atoms with Crippen LogP contribution in [0.15, 0.2) is 57.9 Å². The van der Waals surface area contributed by atoms with Crippen molar-refractivity contribution in [2.24, 2.45) is 0 Å². The molecule has 1 N–H and O–H groups in total. The smallest absolute Gasteiger partial charge is 0.0529 e. The number of halogens is 1. The largest absolute Gasteiger partial charge is 0.383 e. The standard InChI is InChI=1S/C14H12BrNS/c15-11-6-2-1-5-10(11)14-9-16-12-7-3-4-8-13(12)17-14/h1-8,14,16H,9H2. The van der Waals surface area contributed by atoms with Crippen molar-refractivity contribution in [2.45, 2.75) is 10.1 Å². The van der Waals surface area contributed by atoms with Crippen molar-refractivity contribution in [3.63, 3.8) is 0 Å². The van der Waals surface area contributed by atoms with Crippen LogP contribution < -0.4 is 5.32 Å². The molecule has 0 aliphatic carbocycles. The van der Waals surface area contributed by atoms with Gasteiger partial charge in [0.15, 0.2) is 0 Å². The van der Waals surface area contributed by atoms with Crippen LogP contribution in [0.4, 0.5) is 5.69 Å². The van der Waals surface area contributed by atoms with Crippen molar-refractivity contribution in [1.82, 2.24) is 0 Å². The molecule has 0 radical (unpaired) electrons. The van der Waals surface area contributed by atoms with Crippen LogP contribution >= 0.6 is 27.7 Å². The van der Waals surface area contributed by atoms with Gasteiger partial charge in [-0.3, -0.25) is 0 Å². The van der Waals surface area contributed by atoms with Gasteiger partial charge < -0.3 is 5.32 Å². The average molecular weight is 306 g/mol. The summed E-state index contributed by atoms with van der Waals surface area (Å²) in [5, 5.41) is 3.97. The highest BCUT2D eigenvalue weighted by molar-refractivity contribution is 9.10. The molecule has 1 unspecified atom stereocenters. The van der Waals surface area contributed by atoms with Crippen LogP contribution in [0.3, 0.4) is 0 Å². The maximum atomic E-state index is 3.63. The van der Waals surface area contributed by atoms with Gasteiger partial charge >= 0.3 is 0 Å². The fourth-order valence-corrected chi connectivity index (χ4v) is 3.97. The van der Waals surface area contributed by atoms with E-state index in [4.69, 9.17) is 0 Å². The van der Waals surface area contributed by atoms with E-state index in [1.54, 1.807) is 0 Å². The molecule has 1 aliphatic rings. The van der Waals surface area contributed by atoms with E-state index < -0.39 is 0 Å². The predicted molar refractivity (Wildman–Crippen MR) is 77.7 cm³/mol. The zero-order chi connectivity index (χ0) is 11.7. The number of thioether (sulfide) groups is 1. The Morgan fingerprint density at radius 2 is 1.82 bits per heavy atom. The number of benzene rings is 2. The minimum Gasteiger partial charge on any atom is -0.383 e. The minimum absolute atomic E-state index is 0.473. The van der Waals surface area contributed by atoms with Crippen LogP contribution in [-0.4, -0.2) is 6.54 Å². The second-order valence-electron chi connectivity index (χ2n) is 4.01. The maximum absolute atomic E-state index is 3.63. The van der Waals surface area contributed by atoms with Gasteiger partial charge in [0.2, 0.25) is 0 Å². The Morgan fingerprint density at radius 1 is 1.06 bits per heavy atom. The highest BCUT2D eigenvalue weighted by atomic mass is 79.9. The zero-order valence-corrected chi connectivity index (χ0v) is 11.6. The second kappa shape index (κ2) is 4.75. The van der Waals surface area contributed by atoms with Crippen molar-refractivity contribution in [2.75, 3.05) is 11.9 Å². The van der Waals surface area contributed by atoms with Crippen LogP contribution in [0.1, 0.15) is 10.8 Å². The first-order valence-corrected chi connectivity index (χ1v) is 7.26. The molecule has 1 aliphatic heterocycles. The SMILES string of the molecule is Brc1ccccc1C1CNc2ccccc2S1. The van der Waals surface area contributed by atoms with E-state index in [0.29, 0.717) is 5.25 Å². The molecule has 3 heteroatoms. The van der Waals surface area contributed by atoms with Gasteiger partial charge in [0, 0.05) is 21.6 Å². The summed E-state index contributed by atoms with van der Waals surface area (Å²) in [6, 6.07) is 16.9. The summed E-state index contributed by atoms with van der Waals surface area (Å²) in [7, 11) is 0. The van der Waals surface area contributed by atoms with Crippen LogP contribution in [0, 0.1) is 0 Å². The normalized spacial score (nSPS) is 18.3. The van der Waals surface area contributed by atoms with E-state index in [1.165, 1.54) is 20.6 Å². The molecular formula is C14H12BrNS. The predicted octanol–water partition coefficient (Wildman–Crippen LogP) is 4.71. The molecule has 0 saturated carbocycles. The Kier molecular flexibility index (Phi) is 3.12. The molecule has 0 fully saturated rings. The lowest BCUT2D eigenvalue weighted by molar-refractivity contribution is 0.959. The number of fused-ring (bicyclic) bond motifs is 1. The number of rotatable bonds is 1. The maximum Gasteiger partial charge on any atom is 0.0529 e. The lowest BCUT2D eigenvalue weighted by atomic mass is 10.1. The van der Waals surface area contributed by atoms with Crippen LogP contribution in [0.5, 0.6) is 0 Å². The van der Waals surface area contributed by atoms with E-state index in [-0.39, 0.29) is 0 Å². The molecule has 1 heterocycles. The summed E-state index contributed by atoms with van der Waals surface area (Å²) in [6.45, 7) is 0.976. The van der Waals surface area contributed by atoms with Gasteiger partial charge in [0.1, 0.15) is 0 Å². The van der Waals surface area contributed by atoms with Gasteiger partial charge in [0.25, 0.3) is 0 Å². The molecule has 0 saturated heterocycles. The molecule has 0 bridgehead atoms. The van der Waals surface area contributed by atoms with E-state index in [0.717, 1.165) is 6.54 Å². The molecule has 3 rings (SSSR count). The topological polar surface area (TPSA) is 12.0 Å². The molecule has 0 amide bonds. The molecule has 2 aromatic rings. The summed E-state index contributed by atoms with van der Waals surface area (Å²) < 4.78 is 1.19. The van der Waals surface area contributed by atoms with Gasteiger partial charge in [-0.05, 0) is 23.8 Å². The summed E-state index contributed by atoms with van der Waals surface area (Å²) in [5.74, 6) is 0. The Hall–Kier alpha value is -0.930. The summed E-state index contributed by atoms with van der Waals surface area (Å²) in [5.41, 5.74) is 2.61. The Balaban J connectivity index is 1.92. The third-order valence-corrected chi connectivity index (χ3v) is 4.92. The van der Waals surface area contributed by atoms with Gasteiger partial charge in [-0.1, -0.05) is 46.3 Å². The zero-order valence-electron chi connectivity index (χ0n) is 9.19. The number of para-hydroxylation sites is 1. The fraction of sp³-hybridized carbons (Fsp3) is 0.143. The quantitative estimate of drug-likeness (QED) is 0.819. The average Bonchev–Trinajstić information content (AvgIpc) is 2.39. The van der Waals surface area contributed by atoms with Crippen molar-refractivity contribution in [3.8, 4) is 0 Å². The number of hydrogen-bond acceptors (Lipinski definition) is 2. The lowest BCUT2D eigenvalue weighted by Crippen LogP contribution is -2.15. The van der Waals surface area contributed by atoms with Gasteiger partial charge in [0.05, 0.1) is 5.25 Å². The monoisotopic (exact) mass is 305 g/mol. The van der Waals surface area contributed by atoms with Crippen LogP contribution in [0.2, 0.25) is 0 Å². The molecule has 17 heavy (non-hydrogen) atoms. The molecule has 0 spiro atoms. The summed E-state index contributed by atoms with van der Waals surface area (Å²) in [6.07, 6.45) is 0. The minimum atomic E-state index is 0.473. The third-order valence-electron chi connectivity index (χ3n) is 2.89. The summed E-state index contributed by atoms with van der Waals surface area (Å²) in [4.78, 5) is 1.33. The van der Waals surface area contributed by atoms with E-state index >= 15 is 0 Å². The summed E-state index contributed by atoms with van der Waals surface area (Å²) >= 11 is 5.56. The first-order chi connectivity index (χ1) is 8.34. The highest BCUT2D eigenvalue weighted by Gasteiger charge is 2.21. The molecular weight excluding hydrogens is 294 g/mol. The lowest BCUT2D eigenvalue weighted by Gasteiger charge is -2.26. The van der Waals surface area contributed by atoms with Crippen LogP contribution in [-0.2, 0) is 0 Å². The molecule has 1 nitrogen and oxygen atoms in total. The Bertz CT molecular complexity index is 541. The first-order valence-electron chi connectivity index (χ1n) is 5.58. The van der Waals surface area contributed by atoms with Gasteiger partial charge in [-0.15, -0.1) is 11.8 Å². The van der Waals surface area contributed by atoms with Crippen molar-refractivity contribution in [3.05, 3.63) is 58.6 Å². The number of nitrogens with one attached hydrogen (secondary N) is 1. The van der Waals surface area contributed by atoms with Crippen LogP contribution in [0.25, 0.3) is 0 Å². The van der Waals surface area contributed by atoms with Crippen molar-refractivity contribution < 1.29 is 0 Å². The van der Waals surface area contributed by atoms with Gasteiger partial charge in [-0.25, -0.2) is 0 Å².